The summed E-state index contributed by atoms with van der Waals surface area (Å²) < 4.78 is 13.1. The van der Waals surface area contributed by atoms with Crippen molar-refractivity contribution in [3.05, 3.63) is 60.8 Å². The van der Waals surface area contributed by atoms with Gasteiger partial charge in [-0.25, -0.2) is 14.5 Å². The third-order valence-corrected chi connectivity index (χ3v) is 7.35. The van der Waals surface area contributed by atoms with Gasteiger partial charge in [-0.05, 0) is 54.1 Å². The van der Waals surface area contributed by atoms with Gasteiger partial charge in [-0.2, -0.15) is 5.10 Å². The molecule has 182 valence electrons. The number of carbonyl (C=O) groups is 1. The number of carbonyl (C=O) groups excluding carboxylic acids is 1. The fourth-order valence-corrected chi connectivity index (χ4v) is 4.44. The van der Waals surface area contributed by atoms with Crippen molar-refractivity contribution in [2.75, 3.05) is 19.0 Å². The van der Waals surface area contributed by atoms with E-state index in [-0.39, 0.29) is 0 Å². The lowest BCUT2D eigenvalue weighted by Gasteiger charge is -2.15. The van der Waals surface area contributed by atoms with E-state index in [0.29, 0.717) is 19.0 Å². The summed E-state index contributed by atoms with van der Waals surface area (Å²) in [7, 11) is 0.474. The van der Waals surface area contributed by atoms with Gasteiger partial charge in [-0.15, -0.1) is 0 Å². The van der Waals surface area contributed by atoms with Crippen molar-refractivity contribution >= 4 is 30.8 Å². The number of primary amides is 1. The molecular formula is C26H31N5O3Si. The zero-order valence-electron chi connectivity index (χ0n) is 20.5. The average molecular weight is 490 g/mol. The van der Waals surface area contributed by atoms with Crippen LogP contribution in [0.3, 0.4) is 0 Å². The quantitative estimate of drug-likeness (QED) is 0.236. The molecule has 0 aliphatic rings. The number of benzene rings is 2. The number of ether oxygens (including phenoxy) is 2. The van der Waals surface area contributed by atoms with Gasteiger partial charge in [0.2, 0.25) is 0 Å². The molecule has 0 bridgehead atoms. The summed E-state index contributed by atoms with van der Waals surface area (Å²) in [6, 6.07) is 17.9. The highest BCUT2D eigenvalue weighted by molar-refractivity contribution is 6.76. The number of aromatic nitrogens is 3. The van der Waals surface area contributed by atoms with Gasteiger partial charge in [-0.1, -0.05) is 31.8 Å². The zero-order valence-corrected chi connectivity index (χ0v) is 21.5. The van der Waals surface area contributed by atoms with E-state index in [1.165, 1.54) is 0 Å². The van der Waals surface area contributed by atoms with Gasteiger partial charge in [0.1, 0.15) is 18.2 Å². The molecule has 9 heteroatoms. The summed E-state index contributed by atoms with van der Waals surface area (Å²) >= 11 is 0. The molecule has 4 aromatic rings. The van der Waals surface area contributed by atoms with Crippen molar-refractivity contribution < 1.29 is 14.3 Å². The van der Waals surface area contributed by atoms with Crippen LogP contribution in [0.15, 0.2) is 60.8 Å². The molecule has 0 aliphatic carbocycles. The van der Waals surface area contributed by atoms with Crippen molar-refractivity contribution in [3.8, 4) is 28.1 Å². The third kappa shape index (κ3) is 6.06. The predicted octanol–water partition coefficient (Wildman–Crippen LogP) is 5.58. The first-order valence-corrected chi connectivity index (χ1v) is 15.2. The minimum absolute atomic E-state index is 0.344. The average Bonchev–Trinajstić information content (AvgIpc) is 3.19. The Morgan fingerprint density at radius 3 is 2.34 bits per heavy atom. The standard InChI is InChI=1S/C26H31N5O3Si/c1-33-22-11-7-19(8-12-22)24-23-15-20(18-5-9-21(10-6-18)29-26(27)32)16-28-25(23)31(30-24)17-34-13-14-35(2,3)4/h5-12,15-16H,13-14,17H2,1-4H3,(H3,27,29,32). The highest BCUT2D eigenvalue weighted by Gasteiger charge is 2.17. The minimum atomic E-state index is -1.18. The summed E-state index contributed by atoms with van der Waals surface area (Å²) in [5.41, 5.74) is 10.3. The summed E-state index contributed by atoms with van der Waals surface area (Å²) in [5, 5.41) is 8.38. The van der Waals surface area contributed by atoms with E-state index in [1.54, 1.807) is 7.11 Å². The molecule has 2 amide bonds. The van der Waals surface area contributed by atoms with E-state index in [9.17, 15) is 4.79 Å². The van der Waals surface area contributed by atoms with E-state index in [2.05, 4.69) is 31.0 Å². The molecule has 0 atom stereocenters. The van der Waals surface area contributed by atoms with Crippen molar-refractivity contribution in [1.82, 2.24) is 14.8 Å². The smallest absolute Gasteiger partial charge is 0.316 e. The number of hydrogen-bond acceptors (Lipinski definition) is 5. The van der Waals surface area contributed by atoms with Crippen molar-refractivity contribution in [2.24, 2.45) is 5.73 Å². The second kappa shape index (κ2) is 10.3. The van der Waals surface area contributed by atoms with Crippen molar-refractivity contribution in [1.29, 1.82) is 0 Å². The second-order valence-electron chi connectivity index (χ2n) is 9.59. The molecule has 35 heavy (non-hydrogen) atoms. The van der Waals surface area contributed by atoms with Crippen LogP contribution in [-0.4, -0.2) is 42.6 Å². The van der Waals surface area contributed by atoms with E-state index >= 15 is 0 Å². The number of methoxy groups -OCH3 is 1. The third-order valence-electron chi connectivity index (χ3n) is 5.65. The lowest BCUT2D eigenvalue weighted by Crippen LogP contribution is -2.22. The Labute approximate surface area is 206 Å². The molecule has 0 fully saturated rings. The molecule has 0 aliphatic heterocycles. The Kier molecular flexibility index (Phi) is 7.18. The van der Waals surface area contributed by atoms with Gasteiger partial charge in [0.15, 0.2) is 5.65 Å². The fraction of sp³-hybridized carbons (Fsp3) is 0.269. The molecule has 8 nitrogen and oxygen atoms in total. The fourth-order valence-electron chi connectivity index (χ4n) is 3.69. The lowest BCUT2D eigenvalue weighted by molar-refractivity contribution is 0.0814. The highest BCUT2D eigenvalue weighted by atomic mass is 28.3. The molecule has 0 saturated carbocycles. The summed E-state index contributed by atoms with van der Waals surface area (Å²) in [6.45, 7) is 8.05. The summed E-state index contributed by atoms with van der Waals surface area (Å²) in [5.74, 6) is 0.788. The number of urea groups is 1. The number of amides is 2. The van der Waals surface area contributed by atoms with Gasteiger partial charge in [0, 0.05) is 43.1 Å². The van der Waals surface area contributed by atoms with Crippen LogP contribution in [0.1, 0.15) is 0 Å². The molecule has 3 N–H and O–H groups in total. The number of anilines is 1. The summed E-state index contributed by atoms with van der Waals surface area (Å²) in [6.07, 6.45) is 1.83. The molecule has 2 aromatic heterocycles. The predicted molar refractivity (Wildman–Crippen MR) is 142 cm³/mol. The van der Waals surface area contributed by atoms with Gasteiger partial charge in [0.05, 0.1) is 7.11 Å². The van der Waals surface area contributed by atoms with Crippen LogP contribution < -0.4 is 15.8 Å². The molecule has 2 aromatic carbocycles. The Hall–Kier alpha value is -3.69. The largest absolute Gasteiger partial charge is 0.497 e. The number of rotatable bonds is 9. The van der Waals surface area contributed by atoms with Gasteiger partial charge in [-0.3, -0.25) is 0 Å². The molecule has 0 radical (unpaired) electrons. The maximum Gasteiger partial charge on any atom is 0.316 e. The van der Waals surface area contributed by atoms with Gasteiger partial charge >= 0.3 is 6.03 Å². The molecule has 0 spiro atoms. The number of nitrogens with one attached hydrogen (secondary N) is 1. The maximum atomic E-state index is 11.1. The van der Waals surface area contributed by atoms with Crippen LogP contribution in [0.4, 0.5) is 10.5 Å². The molecule has 0 saturated heterocycles. The Morgan fingerprint density at radius 2 is 1.71 bits per heavy atom. The number of nitrogens with two attached hydrogens (primary N) is 1. The Bertz CT molecular complexity index is 1310. The topological polar surface area (TPSA) is 104 Å². The van der Waals surface area contributed by atoms with E-state index < -0.39 is 14.1 Å². The lowest BCUT2D eigenvalue weighted by atomic mass is 10.0. The van der Waals surface area contributed by atoms with Crippen LogP contribution in [0.5, 0.6) is 5.75 Å². The number of nitrogens with zero attached hydrogens (tertiary/aromatic N) is 3. The first-order valence-electron chi connectivity index (χ1n) is 11.5. The molecule has 4 rings (SSSR count). The van der Waals surface area contributed by atoms with Crippen LogP contribution in [0.25, 0.3) is 33.4 Å². The van der Waals surface area contributed by atoms with Crippen molar-refractivity contribution in [3.63, 3.8) is 0 Å². The van der Waals surface area contributed by atoms with Crippen molar-refractivity contribution in [2.45, 2.75) is 32.4 Å². The number of fused-ring (bicyclic) bond motifs is 1. The SMILES string of the molecule is COc1ccc(-c2nn(COCC[Si](C)(C)C)c3ncc(-c4ccc(NC(N)=O)cc4)cc23)cc1. The minimum Gasteiger partial charge on any atom is -0.497 e. The first-order chi connectivity index (χ1) is 16.7. The first kappa shape index (κ1) is 24.4. The number of hydrogen-bond donors (Lipinski definition) is 2. The van der Waals surface area contributed by atoms with Gasteiger partial charge < -0.3 is 20.5 Å². The monoisotopic (exact) mass is 489 g/mol. The Morgan fingerprint density at radius 1 is 1.03 bits per heavy atom. The highest BCUT2D eigenvalue weighted by Crippen LogP contribution is 2.32. The van der Waals surface area contributed by atoms with E-state index in [1.807, 2.05) is 59.4 Å². The Balaban J connectivity index is 1.69. The van der Waals surface area contributed by atoms with Crippen LogP contribution in [-0.2, 0) is 11.5 Å². The maximum absolute atomic E-state index is 11.1. The molecule has 2 heterocycles. The molecule has 0 unspecified atom stereocenters. The van der Waals surface area contributed by atoms with E-state index in [4.69, 9.17) is 25.3 Å². The normalized spacial score (nSPS) is 11.5. The van der Waals surface area contributed by atoms with Gasteiger partial charge in [0.25, 0.3) is 0 Å². The van der Waals surface area contributed by atoms with Crippen LogP contribution >= 0.6 is 0 Å². The molecular weight excluding hydrogens is 458 g/mol. The second-order valence-corrected chi connectivity index (χ2v) is 15.2. The summed E-state index contributed by atoms with van der Waals surface area (Å²) in [4.78, 5) is 15.9. The van der Waals surface area contributed by atoms with E-state index in [0.717, 1.165) is 45.2 Å². The van der Waals surface area contributed by atoms with Crippen LogP contribution in [0.2, 0.25) is 25.7 Å². The number of pyridine rings is 1. The zero-order chi connectivity index (χ0) is 25.0. The van der Waals surface area contributed by atoms with Crippen LogP contribution in [0, 0.1) is 0 Å².